The van der Waals surface area contributed by atoms with E-state index in [2.05, 4.69) is 39.8 Å². The van der Waals surface area contributed by atoms with E-state index in [1.807, 2.05) is 43.3 Å². The van der Waals surface area contributed by atoms with Gasteiger partial charge in [0, 0.05) is 22.8 Å². The van der Waals surface area contributed by atoms with Crippen LogP contribution in [0.1, 0.15) is 12.0 Å². The van der Waals surface area contributed by atoms with E-state index in [1.165, 1.54) is 0 Å². The second-order valence-corrected chi connectivity index (χ2v) is 8.55. The van der Waals surface area contributed by atoms with Gasteiger partial charge >= 0.3 is 0 Å². The number of benzene rings is 3. The van der Waals surface area contributed by atoms with Gasteiger partial charge in [0.15, 0.2) is 0 Å². The van der Waals surface area contributed by atoms with Gasteiger partial charge in [0.1, 0.15) is 5.75 Å². The van der Waals surface area contributed by atoms with Gasteiger partial charge in [0.25, 0.3) is 0 Å². The number of hydrogen-bond donors (Lipinski definition) is 2. The summed E-state index contributed by atoms with van der Waals surface area (Å²) in [4.78, 5) is 29.3. The molecule has 7 heteroatoms. The third kappa shape index (κ3) is 4.89. The molecule has 2 N–H and O–H groups in total. The second-order valence-electron chi connectivity index (χ2n) is 7.47. The van der Waals surface area contributed by atoms with Crippen molar-refractivity contribution >= 4 is 40.6 Å². The van der Waals surface area contributed by atoms with Crippen molar-refractivity contribution in [3.8, 4) is 5.75 Å². The van der Waals surface area contributed by atoms with Crippen molar-refractivity contribution in [2.24, 2.45) is 0 Å². The first-order valence-corrected chi connectivity index (χ1v) is 11.2. The Hall–Kier alpha value is -3.45. The zero-order valence-electron chi connectivity index (χ0n) is 18.1. The molecule has 0 spiro atoms. The third-order valence-electron chi connectivity index (χ3n) is 5.17. The van der Waals surface area contributed by atoms with Gasteiger partial charge in [-0.05, 0) is 48.9 Å². The van der Waals surface area contributed by atoms with E-state index in [9.17, 15) is 9.59 Å². The number of anilines is 3. The summed E-state index contributed by atoms with van der Waals surface area (Å²) in [6.07, 6.45) is 0.272. The van der Waals surface area contributed by atoms with E-state index in [0.29, 0.717) is 18.0 Å². The lowest BCUT2D eigenvalue weighted by molar-refractivity contribution is -0.124. The number of fused-ring (bicyclic) bond motifs is 2. The minimum absolute atomic E-state index is 0.0983. The van der Waals surface area contributed by atoms with Gasteiger partial charge in [-0.2, -0.15) is 0 Å². The van der Waals surface area contributed by atoms with Crippen molar-refractivity contribution in [1.29, 1.82) is 0 Å². The molecule has 164 valence electrons. The normalized spacial score (nSPS) is 11.9. The highest BCUT2D eigenvalue weighted by Crippen LogP contribution is 2.47. The molecule has 0 fully saturated rings. The van der Waals surface area contributed by atoms with Crippen LogP contribution >= 0.6 is 11.8 Å². The fraction of sp³-hybridized carbons (Fsp3) is 0.200. The minimum Gasteiger partial charge on any atom is -0.495 e. The van der Waals surface area contributed by atoms with Crippen molar-refractivity contribution < 1.29 is 14.3 Å². The molecule has 6 nitrogen and oxygen atoms in total. The summed E-state index contributed by atoms with van der Waals surface area (Å²) in [6, 6.07) is 21.9. The maximum Gasteiger partial charge on any atom is 0.243 e. The van der Waals surface area contributed by atoms with Gasteiger partial charge in [-0.15, -0.1) is 0 Å². The van der Waals surface area contributed by atoms with Crippen LogP contribution in [0.15, 0.2) is 76.5 Å². The van der Waals surface area contributed by atoms with E-state index in [1.54, 1.807) is 24.9 Å². The first-order valence-electron chi connectivity index (χ1n) is 10.4. The van der Waals surface area contributed by atoms with Crippen LogP contribution in [-0.2, 0) is 9.59 Å². The Balaban J connectivity index is 1.35. The third-order valence-corrected chi connectivity index (χ3v) is 6.30. The zero-order chi connectivity index (χ0) is 22.5. The maximum absolute atomic E-state index is 12.5. The van der Waals surface area contributed by atoms with Crippen molar-refractivity contribution in [2.75, 3.05) is 30.4 Å². The standard InChI is InChI=1S/C25H25N3O3S/c1-17-11-12-21(31-2)18(15-17)27-25(30)16-26-24(29)13-14-28-19-7-3-5-9-22(19)32-23-10-6-4-8-20(23)28/h3-12,15H,13-14,16H2,1-2H3,(H,26,29)(H,27,30). The Labute approximate surface area is 192 Å². The number of nitrogens with one attached hydrogen (secondary N) is 2. The van der Waals surface area contributed by atoms with Gasteiger partial charge < -0.3 is 20.3 Å². The molecule has 4 rings (SSSR count). The van der Waals surface area contributed by atoms with Crippen molar-refractivity contribution in [3.63, 3.8) is 0 Å². The first-order chi connectivity index (χ1) is 15.5. The largest absolute Gasteiger partial charge is 0.495 e. The molecule has 0 bridgehead atoms. The monoisotopic (exact) mass is 447 g/mol. The number of methoxy groups -OCH3 is 1. The molecule has 3 aromatic carbocycles. The summed E-state index contributed by atoms with van der Waals surface area (Å²) in [5.41, 5.74) is 3.78. The number of aryl methyl sites for hydroxylation is 1. The number of nitrogens with zero attached hydrogens (tertiary/aromatic N) is 1. The number of hydrogen-bond acceptors (Lipinski definition) is 5. The molecule has 32 heavy (non-hydrogen) atoms. The predicted molar refractivity (Wildman–Crippen MR) is 128 cm³/mol. The topological polar surface area (TPSA) is 70.7 Å². The SMILES string of the molecule is COc1ccc(C)cc1NC(=O)CNC(=O)CCN1c2ccccc2Sc2ccccc21. The number of para-hydroxylation sites is 2. The number of ether oxygens (including phenoxy) is 1. The molecule has 1 aliphatic rings. The summed E-state index contributed by atoms with van der Waals surface area (Å²) in [6.45, 7) is 2.36. The first kappa shape index (κ1) is 21.8. The van der Waals surface area contributed by atoms with Crippen LogP contribution < -0.4 is 20.3 Å². The Morgan fingerprint density at radius 1 is 0.938 bits per heavy atom. The minimum atomic E-state index is -0.299. The molecular formula is C25H25N3O3S. The van der Waals surface area contributed by atoms with Crippen molar-refractivity contribution in [2.45, 2.75) is 23.1 Å². The molecular weight excluding hydrogens is 422 g/mol. The van der Waals surface area contributed by atoms with Crippen molar-refractivity contribution in [3.05, 3.63) is 72.3 Å². The molecule has 0 saturated carbocycles. The van der Waals surface area contributed by atoms with Crippen molar-refractivity contribution in [1.82, 2.24) is 5.32 Å². The summed E-state index contributed by atoms with van der Waals surface area (Å²) >= 11 is 1.73. The maximum atomic E-state index is 12.5. The highest BCUT2D eigenvalue weighted by Gasteiger charge is 2.23. The highest BCUT2D eigenvalue weighted by molar-refractivity contribution is 7.99. The Morgan fingerprint density at radius 3 is 2.25 bits per heavy atom. The molecule has 0 saturated heterocycles. The van der Waals surface area contributed by atoms with Crippen LogP contribution in [0, 0.1) is 6.92 Å². The van der Waals surface area contributed by atoms with E-state index in [4.69, 9.17) is 4.74 Å². The molecule has 1 heterocycles. The lowest BCUT2D eigenvalue weighted by Gasteiger charge is -2.32. The molecule has 0 aromatic heterocycles. The number of carbonyl (C=O) groups excluding carboxylic acids is 2. The molecule has 2 amide bonds. The fourth-order valence-electron chi connectivity index (χ4n) is 3.62. The van der Waals surface area contributed by atoms with Crippen LogP contribution in [0.2, 0.25) is 0 Å². The van der Waals surface area contributed by atoms with Crippen LogP contribution in [0.25, 0.3) is 0 Å². The summed E-state index contributed by atoms with van der Waals surface area (Å²) < 4.78 is 5.28. The quantitative estimate of drug-likeness (QED) is 0.547. The second kappa shape index (κ2) is 9.78. The molecule has 0 radical (unpaired) electrons. The van der Waals surface area contributed by atoms with Crippen LogP contribution in [0.5, 0.6) is 5.75 Å². The highest BCUT2D eigenvalue weighted by atomic mass is 32.2. The molecule has 0 atom stereocenters. The molecule has 0 aliphatic carbocycles. The van der Waals surface area contributed by atoms with E-state index in [0.717, 1.165) is 26.7 Å². The number of carbonyl (C=O) groups is 2. The Bertz CT molecular complexity index is 1100. The lowest BCUT2D eigenvalue weighted by atomic mass is 10.2. The van der Waals surface area contributed by atoms with E-state index >= 15 is 0 Å². The van der Waals surface area contributed by atoms with Crippen LogP contribution in [0.3, 0.4) is 0 Å². The fourth-order valence-corrected chi connectivity index (χ4v) is 4.71. The molecule has 3 aromatic rings. The average molecular weight is 448 g/mol. The smallest absolute Gasteiger partial charge is 0.243 e. The number of amides is 2. The molecule has 1 aliphatic heterocycles. The lowest BCUT2D eigenvalue weighted by Crippen LogP contribution is -2.35. The van der Waals surface area contributed by atoms with Gasteiger partial charge in [0.2, 0.25) is 11.8 Å². The number of rotatable bonds is 7. The van der Waals surface area contributed by atoms with Gasteiger partial charge in [-0.1, -0.05) is 42.1 Å². The summed E-state index contributed by atoms with van der Waals surface area (Å²) in [5, 5.41) is 5.52. The van der Waals surface area contributed by atoms with Crippen LogP contribution in [-0.4, -0.2) is 32.0 Å². The van der Waals surface area contributed by atoms with Crippen LogP contribution in [0.4, 0.5) is 17.1 Å². The Kier molecular flexibility index (Phi) is 6.66. The molecule has 0 unspecified atom stereocenters. The summed E-state index contributed by atoms with van der Waals surface area (Å²) in [5.74, 6) is 0.104. The van der Waals surface area contributed by atoms with E-state index < -0.39 is 0 Å². The van der Waals surface area contributed by atoms with Gasteiger partial charge in [-0.25, -0.2) is 0 Å². The van der Waals surface area contributed by atoms with Gasteiger partial charge in [0.05, 0.1) is 30.7 Å². The Morgan fingerprint density at radius 2 is 1.59 bits per heavy atom. The predicted octanol–water partition coefficient (Wildman–Crippen LogP) is 4.75. The summed E-state index contributed by atoms with van der Waals surface area (Å²) in [7, 11) is 1.55. The zero-order valence-corrected chi connectivity index (χ0v) is 18.9. The van der Waals surface area contributed by atoms with Gasteiger partial charge in [-0.3, -0.25) is 9.59 Å². The average Bonchev–Trinajstić information content (AvgIpc) is 2.80. The van der Waals surface area contributed by atoms with E-state index in [-0.39, 0.29) is 24.8 Å².